The Bertz CT molecular complexity index is 1430. The Morgan fingerprint density at radius 2 is 2.07 bits per heavy atom. The Kier molecular flexibility index (Phi) is 8.40. The molecular formula is C28H31ClF3N5O4S. The summed E-state index contributed by atoms with van der Waals surface area (Å²) >= 11 is 7.64. The van der Waals surface area contributed by atoms with Gasteiger partial charge in [0.2, 0.25) is 0 Å². The van der Waals surface area contributed by atoms with Gasteiger partial charge in [-0.05, 0) is 26.8 Å². The second kappa shape index (κ2) is 11.6. The zero-order valence-electron chi connectivity index (χ0n) is 23.2. The zero-order chi connectivity index (χ0) is 30.4. The molecule has 2 fully saturated rings. The molecule has 3 aliphatic rings. The van der Waals surface area contributed by atoms with Crippen LogP contribution in [0.4, 0.5) is 13.2 Å². The van der Waals surface area contributed by atoms with Gasteiger partial charge in [-0.3, -0.25) is 14.7 Å². The fourth-order valence-electron chi connectivity index (χ4n) is 5.86. The highest BCUT2D eigenvalue weighted by Gasteiger charge is 2.58. The minimum atomic E-state index is -3.04. The van der Waals surface area contributed by atoms with Gasteiger partial charge in [0.05, 0.1) is 35.1 Å². The average molecular weight is 626 g/mol. The molecule has 3 atom stereocenters. The Hall–Kier alpha value is -3.00. The van der Waals surface area contributed by atoms with Gasteiger partial charge in [-0.15, -0.1) is 11.3 Å². The number of thiazole rings is 1. The maximum atomic E-state index is 15.4. The van der Waals surface area contributed by atoms with Crippen LogP contribution in [0.1, 0.15) is 37.4 Å². The summed E-state index contributed by atoms with van der Waals surface area (Å²) < 4.78 is 50.7. The van der Waals surface area contributed by atoms with Crippen molar-refractivity contribution < 1.29 is 32.6 Å². The predicted octanol–water partition coefficient (Wildman–Crippen LogP) is 4.21. The van der Waals surface area contributed by atoms with Crippen molar-refractivity contribution >= 4 is 40.7 Å². The van der Waals surface area contributed by atoms with Gasteiger partial charge in [0.1, 0.15) is 11.9 Å². The van der Waals surface area contributed by atoms with Crippen LogP contribution in [0.25, 0.3) is 0 Å². The molecule has 0 amide bonds. The number of aliphatic imine (C=N–C) groups is 1. The number of carboxylic acid groups (broad SMARTS) is 1. The number of likely N-dealkylation sites (tertiary alicyclic amines) is 2. The highest BCUT2D eigenvalue weighted by molar-refractivity contribution is 7.11. The summed E-state index contributed by atoms with van der Waals surface area (Å²) in [6, 6.07) is 2.52. The smallest absolute Gasteiger partial charge is 0.338 e. The first kappa shape index (κ1) is 30.5. The fraction of sp³-hybridized carbons (Fsp3) is 0.500. The molecule has 2 aromatic rings. The molecule has 1 aromatic heterocycles. The van der Waals surface area contributed by atoms with E-state index >= 15 is 8.78 Å². The van der Waals surface area contributed by atoms with Crippen LogP contribution in [0.3, 0.4) is 0 Å². The van der Waals surface area contributed by atoms with Crippen molar-refractivity contribution in [2.75, 3.05) is 39.3 Å². The minimum Gasteiger partial charge on any atom is -0.481 e. The van der Waals surface area contributed by atoms with Crippen molar-refractivity contribution in [2.45, 2.75) is 38.8 Å². The zero-order valence-corrected chi connectivity index (χ0v) is 24.8. The number of fused-ring (bicyclic) bond motifs is 1. The van der Waals surface area contributed by atoms with Gasteiger partial charge in [0.25, 0.3) is 5.92 Å². The predicted molar refractivity (Wildman–Crippen MR) is 151 cm³/mol. The lowest BCUT2D eigenvalue weighted by molar-refractivity contribution is -0.148. The average Bonchev–Trinajstić information content (AvgIpc) is 3.64. The van der Waals surface area contributed by atoms with Crippen molar-refractivity contribution in [3.63, 3.8) is 0 Å². The van der Waals surface area contributed by atoms with E-state index in [4.69, 9.17) is 16.3 Å². The maximum Gasteiger partial charge on any atom is 0.338 e. The Morgan fingerprint density at radius 1 is 1.31 bits per heavy atom. The molecule has 4 heterocycles. The summed E-state index contributed by atoms with van der Waals surface area (Å²) in [5.41, 5.74) is -0.571. The SMILES string of the molecule is CCOC(=O)C1=C(CN2CC(F)(F)[C@@H]3CN(CC(C)(C)C(=O)O)C[C@@H]32)NC(c2nccs2)=NC1c1cccc(F)c1Cl. The van der Waals surface area contributed by atoms with E-state index in [-0.39, 0.29) is 60.5 Å². The van der Waals surface area contributed by atoms with E-state index in [1.807, 2.05) is 0 Å². The van der Waals surface area contributed by atoms with E-state index in [0.717, 1.165) is 0 Å². The van der Waals surface area contributed by atoms with Gasteiger partial charge in [-0.2, -0.15) is 0 Å². The van der Waals surface area contributed by atoms with E-state index in [1.165, 1.54) is 23.5 Å². The van der Waals surface area contributed by atoms with Crippen LogP contribution < -0.4 is 5.32 Å². The van der Waals surface area contributed by atoms with Crippen LogP contribution >= 0.6 is 22.9 Å². The molecule has 0 aliphatic carbocycles. The van der Waals surface area contributed by atoms with Crippen molar-refractivity contribution in [1.82, 2.24) is 20.1 Å². The Labute approximate surface area is 250 Å². The third-order valence-electron chi connectivity index (χ3n) is 7.88. The lowest BCUT2D eigenvalue weighted by atomic mass is 9.93. The largest absolute Gasteiger partial charge is 0.481 e. The molecule has 0 spiro atoms. The molecular weight excluding hydrogens is 595 g/mol. The first-order valence-electron chi connectivity index (χ1n) is 13.5. The molecule has 0 bridgehead atoms. The van der Waals surface area contributed by atoms with E-state index in [2.05, 4.69) is 15.3 Å². The molecule has 0 radical (unpaired) electrons. The number of aromatic nitrogens is 1. The van der Waals surface area contributed by atoms with Gasteiger partial charge in [-0.1, -0.05) is 23.7 Å². The van der Waals surface area contributed by atoms with E-state index < -0.39 is 53.6 Å². The number of benzene rings is 1. The van der Waals surface area contributed by atoms with Crippen LogP contribution in [-0.2, 0) is 14.3 Å². The number of hydrogen-bond donors (Lipinski definition) is 2. The van der Waals surface area contributed by atoms with Crippen molar-refractivity contribution in [1.29, 1.82) is 0 Å². The monoisotopic (exact) mass is 625 g/mol. The third-order valence-corrected chi connectivity index (χ3v) is 9.06. The molecule has 2 N–H and O–H groups in total. The molecule has 1 unspecified atom stereocenters. The number of carboxylic acids is 1. The number of esters is 1. The summed E-state index contributed by atoms with van der Waals surface area (Å²) in [7, 11) is 0. The number of halogens is 4. The minimum absolute atomic E-state index is 0.0401. The van der Waals surface area contributed by atoms with E-state index in [0.29, 0.717) is 5.01 Å². The molecule has 42 heavy (non-hydrogen) atoms. The molecule has 0 saturated carbocycles. The second-order valence-electron chi connectivity index (χ2n) is 11.3. The number of carbonyl (C=O) groups excluding carboxylic acids is 1. The van der Waals surface area contributed by atoms with E-state index in [1.54, 1.807) is 48.2 Å². The summed E-state index contributed by atoms with van der Waals surface area (Å²) in [5.74, 6) is -6.19. The quantitative estimate of drug-likeness (QED) is 0.399. The molecule has 226 valence electrons. The molecule has 14 heteroatoms. The fourth-order valence-corrected chi connectivity index (χ4v) is 6.68. The summed E-state index contributed by atoms with van der Waals surface area (Å²) in [4.78, 5) is 37.5. The van der Waals surface area contributed by atoms with Gasteiger partial charge in [-0.25, -0.2) is 22.9 Å². The van der Waals surface area contributed by atoms with Crippen LogP contribution in [-0.4, -0.2) is 89.0 Å². The molecule has 3 aliphatic heterocycles. The van der Waals surface area contributed by atoms with Gasteiger partial charge in [0, 0.05) is 55.1 Å². The van der Waals surface area contributed by atoms with Crippen molar-refractivity contribution in [2.24, 2.45) is 16.3 Å². The Balaban J connectivity index is 1.54. The Morgan fingerprint density at radius 3 is 2.74 bits per heavy atom. The van der Waals surface area contributed by atoms with Crippen LogP contribution in [0, 0.1) is 17.2 Å². The summed E-state index contributed by atoms with van der Waals surface area (Å²) in [6.07, 6.45) is 1.58. The number of aliphatic carboxylic acids is 1. The lowest BCUT2D eigenvalue weighted by Gasteiger charge is -2.32. The first-order valence-corrected chi connectivity index (χ1v) is 14.7. The highest BCUT2D eigenvalue weighted by atomic mass is 35.5. The molecule has 1 aromatic carbocycles. The van der Waals surface area contributed by atoms with Crippen LogP contribution in [0.15, 0.2) is 46.0 Å². The third kappa shape index (κ3) is 5.79. The summed E-state index contributed by atoms with van der Waals surface area (Å²) in [5, 5.41) is 14.7. The summed E-state index contributed by atoms with van der Waals surface area (Å²) in [6.45, 7) is 4.60. The van der Waals surface area contributed by atoms with Gasteiger partial charge in [0.15, 0.2) is 10.8 Å². The number of rotatable bonds is 9. The molecule has 2 saturated heterocycles. The normalized spacial score (nSPS) is 24.4. The van der Waals surface area contributed by atoms with Gasteiger partial charge >= 0.3 is 11.9 Å². The number of alkyl halides is 2. The maximum absolute atomic E-state index is 15.4. The number of carbonyl (C=O) groups is 2. The highest BCUT2D eigenvalue weighted by Crippen LogP contribution is 2.44. The standard InChI is InChI=1S/C28H31ClF3N5O4S/c1-4-41-25(38)20-18(11-37-14-28(31,32)16-10-36(12-19(16)37)13-27(2,3)26(39)40)34-23(24-33-8-9-42-24)35-22(20)15-6-5-7-17(30)21(15)29/h5-9,16,19,22H,4,10-14H2,1-3H3,(H,34,35)(H,39,40)/t16-,19+,22?/m1/s1. The first-order chi connectivity index (χ1) is 19.8. The van der Waals surface area contributed by atoms with Crippen molar-refractivity contribution in [3.8, 4) is 0 Å². The molecule has 9 nitrogen and oxygen atoms in total. The van der Waals surface area contributed by atoms with Crippen LogP contribution in [0.5, 0.6) is 0 Å². The number of amidine groups is 1. The van der Waals surface area contributed by atoms with Crippen LogP contribution in [0.2, 0.25) is 5.02 Å². The number of nitrogens with zero attached hydrogens (tertiary/aromatic N) is 4. The number of hydrogen-bond acceptors (Lipinski definition) is 9. The topological polar surface area (TPSA) is 107 Å². The number of ether oxygens (including phenoxy) is 1. The van der Waals surface area contributed by atoms with Crippen molar-refractivity contribution in [3.05, 3.63) is 62.5 Å². The molecule has 5 rings (SSSR count). The lowest BCUT2D eigenvalue weighted by Crippen LogP contribution is -2.44. The van der Waals surface area contributed by atoms with E-state index in [9.17, 15) is 19.1 Å². The second-order valence-corrected chi connectivity index (χ2v) is 12.6. The van der Waals surface area contributed by atoms with Gasteiger partial charge < -0.3 is 20.1 Å². The number of nitrogens with one attached hydrogen (secondary N) is 1.